The highest BCUT2D eigenvalue weighted by Crippen LogP contribution is 2.21. The molecule has 0 aliphatic rings. The fraction of sp³-hybridized carbons (Fsp3) is 0.0588. The Kier molecular flexibility index (Phi) is 4.98. The molecule has 3 aromatic rings. The number of carbonyl (C=O) groups is 1. The molecule has 3 rings (SSSR count). The van der Waals surface area contributed by atoms with E-state index in [2.05, 4.69) is 25.6 Å². The van der Waals surface area contributed by atoms with Crippen LogP contribution in [0.25, 0.3) is 0 Å². The Labute approximate surface area is 143 Å². The van der Waals surface area contributed by atoms with Gasteiger partial charge in [-0.1, -0.05) is 23.7 Å². The molecule has 1 amide bonds. The van der Waals surface area contributed by atoms with Gasteiger partial charge in [0.05, 0.1) is 16.3 Å². The van der Waals surface area contributed by atoms with Crippen LogP contribution in [0.4, 0.5) is 11.6 Å². The number of rotatable bonds is 5. The van der Waals surface area contributed by atoms with E-state index in [0.29, 0.717) is 28.8 Å². The number of hydrogen-bond donors (Lipinski definition) is 2. The van der Waals surface area contributed by atoms with Gasteiger partial charge in [0.15, 0.2) is 0 Å². The maximum Gasteiger partial charge on any atom is 0.258 e. The fourth-order valence-electron chi connectivity index (χ4n) is 1.98. The molecule has 7 heteroatoms. The summed E-state index contributed by atoms with van der Waals surface area (Å²) < 4.78 is 0. The van der Waals surface area contributed by atoms with E-state index >= 15 is 0 Å². The number of halogens is 1. The Balaban J connectivity index is 1.61. The van der Waals surface area contributed by atoms with Crippen LogP contribution in [0.3, 0.4) is 0 Å². The van der Waals surface area contributed by atoms with Crippen molar-refractivity contribution >= 4 is 29.1 Å². The second-order valence-electron chi connectivity index (χ2n) is 4.94. The van der Waals surface area contributed by atoms with Crippen molar-refractivity contribution in [3.05, 3.63) is 77.3 Å². The molecule has 0 bridgehead atoms. The first-order chi connectivity index (χ1) is 11.7. The number of anilines is 2. The SMILES string of the molecule is O=C(Nc1ccccc1Cl)c1cnc(NCc2ccncc2)nc1. The summed E-state index contributed by atoms with van der Waals surface area (Å²) in [4.78, 5) is 24.4. The van der Waals surface area contributed by atoms with Gasteiger partial charge in [0.2, 0.25) is 5.95 Å². The molecule has 2 aromatic heterocycles. The highest BCUT2D eigenvalue weighted by molar-refractivity contribution is 6.33. The molecule has 120 valence electrons. The van der Waals surface area contributed by atoms with Crippen molar-refractivity contribution in [2.75, 3.05) is 10.6 Å². The average molecular weight is 340 g/mol. The molecule has 0 atom stereocenters. The minimum Gasteiger partial charge on any atom is -0.350 e. The summed E-state index contributed by atoms with van der Waals surface area (Å²) in [6.45, 7) is 0.577. The first-order valence-electron chi connectivity index (χ1n) is 7.23. The van der Waals surface area contributed by atoms with Gasteiger partial charge in [0.1, 0.15) is 0 Å². The number of nitrogens with zero attached hydrogens (tertiary/aromatic N) is 3. The summed E-state index contributed by atoms with van der Waals surface area (Å²) >= 11 is 6.02. The average Bonchev–Trinajstić information content (AvgIpc) is 2.63. The number of aromatic nitrogens is 3. The molecular weight excluding hydrogens is 326 g/mol. The second-order valence-corrected chi connectivity index (χ2v) is 5.35. The molecule has 2 heterocycles. The predicted molar refractivity (Wildman–Crippen MR) is 93.0 cm³/mol. The zero-order valence-corrected chi connectivity index (χ0v) is 13.4. The molecule has 6 nitrogen and oxygen atoms in total. The van der Waals surface area contributed by atoms with Crippen molar-refractivity contribution in [2.24, 2.45) is 0 Å². The summed E-state index contributed by atoms with van der Waals surface area (Å²) in [6.07, 6.45) is 6.38. The van der Waals surface area contributed by atoms with E-state index in [-0.39, 0.29) is 5.91 Å². The summed E-state index contributed by atoms with van der Waals surface area (Å²) in [7, 11) is 0. The lowest BCUT2D eigenvalue weighted by Crippen LogP contribution is -2.13. The van der Waals surface area contributed by atoms with E-state index in [1.54, 1.807) is 36.7 Å². The number of benzene rings is 1. The molecular formula is C17H14ClN5O. The first-order valence-corrected chi connectivity index (χ1v) is 7.61. The van der Waals surface area contributed by atoms with Crippen LogP contribution in [0, 0.1) is 0 Å². The van der Waals surface area contributed by atoms with E-state index in [1.807, 2.05) is 12.1 Å². The molecule has 0 saturated heterocycles. The largest absolute Gasteiger partial charge is 0.350 e. The van der Waals surface area contributed by atoms with Crippen LogP contribution in [0.2, 0.25) is 5.02 Å². The zero-order chi connectivity index (χ0) is 16.8. The Hall–Kier alpha value is -2.99. The number of amides is 1. The van der Waals surface area contributed by atoms with Crippen LogP contribution >= 0.6 is 11.6 Å². The lowest BCUT2D eigenvalue weighted by atomic mass is 10.2. The predicted octanol–water partition coefficient (Wildman–Crippen LogP) is 3.39. The highest BCUT2D eigenvalue weighted by Gasteiger charge is 2.09. The molecule has 2 N–H and O–H groups in total. The van der Waals surface area contributed by atoms with Crippen molar-refractivity contribution in [3.8, 4) is 0 Å². The van der Waals surface area contributed by atoms with Gasteiger partial charge >= 0.3 is 0 Å². The van der Waals surface area contributed by atoms with Crippen molar-refractivity contribution in [2.45, 2.75) is 6.54 Å². The molecule has 24 heavy (non-hydrogen) atoms. The summed E-state index contributed by atoms with van der Waals surface area (Å²) in [6, 6.07) is 10.8. The Morgan fingerprint density at radius 3 is 2.46 bits per heavy atom. The van der Waals surface area contributed by atoms with Gasteiger partial charge in [-0.25, -0.2) is 9.97 Å². The molecule has 0 saturated carbocycles. The fourth-order valence-corrected chi connectivity index (χ4v) is 2.16. The van der Waals surface area contributed by atoms with Gasteiger partial charge in [-0.15, -0.1) is 0 Å². The second kappa shape index (κ2) is 7.52. The standard InChI is InChI=1S/C17H14ClN5O/c18-14-3-1-2-4-15(14)23-16(24)13-10-21-17(22-11-13)20-9-12-5-7-19-8-6-12/h1-8,10-11H,9H2,(H,23,24)(H,20,21,22). The van der Waals surface area contributed by atoms with Crippen LogP contribution in [0.15, 0.2) is 61.2 Å². The van der Waals surface area contributed by atoms with Crippen molar-refractivity contribution in [1.82, 2.24) is 15.0 Å². The van der Waals surface area contributed by atoms with E-state index in [0.717, 1.165) is 5.56 Å². The van der Waals surface area contributed by atoms with Crippen LogP contribution in [-0.2, 0) is 6.54 Å². The molecule has 0 aliphatic carbocycles. The summed E-state index contributed by atoms with van der Waals surface area (Å²) in [5.74, 6) is 0.130. The van der Waals surface area contributed by atoms with Gasteiger partial charge in [0.25, 0.3) is 5.91 Å². The lowest BCUT2D eigenvalue weighted by Gasteiger charge is -2.07. The van der Waals surface area contributed by atoms with Crippen LogP contribution < -0.4 is 10.6 Å². The van der Waals surface area contributed by atoms with Crippen molar-refractivity contribution in [3.63, 3.8) is 0 Å². The van der Waals surface area contributed by atoms with E-state index in [4.69, 9.17) is 11.6 Å². The minimum atomic E-state index is -0.316. The van der Waals surface area contributed by atoms with Crippen LogP contribution in [0.1, 0.15) is 15.9 Å². The third kappa shape index (κ3) is 4.05. The van der Waals surface area contributed by atoms with E-state index in [9.17, 15) is 4.79 Å². The molecule has 1 aromatic carbocycles. The smallest absolute Gasteiger partial charge is 0.258 e. The van der Waals surface area contributed by atoms with Crippen LogP contribution in [-0.4, -0.2) is 20.9 Å². The van der Waals surface area contributed by atoms with Crippen molar-refractivity contribution in [1.29, 1.82) is 0 Å². The third-order valence-electron chi connectivity index (χ3n) is 3.24. The first kappa shape index (κ1) is 15.9. The zero-order valence-electron chi connectivity index (χ0n) is 12.6. The quantitative estimate of drug-likeness (QED) is 0.744. The van der Waals surface area contributed by atoms with Gasteiger partial charge in [-0.05, 0) is 29.8 Å². The van der Waals surface area contributed by atoms with E-state index in [1.165, 1.54) is 12.4 Å². The minimum absolute atomic E-state index is 0.316. The Bertz CT molecular complexity index is 824. The Morgan fingerprint density at radius 2 is 1.75 bits per heavy atom. The number of para-hydroxylation sites is 1. The molecule has 0 fully saturated rings. The maximum atomic E-state index is 12.2. The number of hydrogen-bond acceptors (Lipinski definition) is 5. The maximum absolute atomic E-state index is 12.2. The topological polar surface area (TPSA) is 79.8 Å². The summed E-state index contributed by atoms with van der Waals surface area (Å²) in [5, 5.41) is 6.28. The molecule has 0 spiro atoms. The van der Waals surface area contributed by atoms with Gasteiger partial charge < -0.3 is 10.6 Å². The molecule has 0 unspecified atom stereocenters. The van der Waals surface area contributed by atoms with Crippen LogP contribution in [0.5, 0.6) is 0 Å². The third-order valence-corrected chi connectivity index (χ3v) is 3.57. The monoisotopic (exact) mass is 339 g/mol. The van der Waals surface area contributed by atoms with Gasteiger partial charge in [-0.2, -0.15) is 0 Å². The number of carbonyl (C=O) groups excluding carboxylic acids is 1. The van der Waals surface area contributed by atoms with E-state index < -0.39 is 0 Å². The lowest BCUT2D eigenvalue weighted by molar-refractivity contribution is 0.102. The number of pyridine rings is 1. The normalized spacial score (nSPS) is 10.2. The highest BCUT2D eigenvalue weighted by atomic mass is 35.5. The molecule has 0 aliphatic heterocycles. The number of nitrogens with one attached hydrogen (secondary N) is 2. The Morgan fingerprint density at radius 1 is 1.04 bits per heavy atom. The van der Waals surface area contributed by atoms with Crippen molar-refractivity contribution < 1.29 is 4.79 Å². The van der Waals surface area contributed by atoms with Gasteiger partial charge in [-0.3, -0.25) is 9.78 Å². The molecule has 0 radical (unpaired) electrons. The summed E-state index contributed by atoms with van der Waals surface area (Å²) in [5.41, 5.74) is 1.96. The van der Waals surface area contributed by atoms with Gasteiger partial charge in [0, 0.05) is 31.3 Å².